The lowest BCUT2D eigenvalue weighted by atomic mass is 9.86. The summed E-state index contributed by atoms with van der Waals surface area (Å²) in [7, 11) is 3.25. The number of hydrogen-bond acceptors (Lipinski definition) is 3. The molecular formula is C23H31NO3. The third kappa shape index (κ3) is 6.63. The van der Waals surface area contributed by atoms with Crippen molar-refractivity contribution in [2.24, 2.45) is 0 Å². The number of carbonyl (C=O) groups is 1. The average Bonchev–Trinajstić information content (AvgIpc) is 2.65. The number of methoxy groups -OCH3 is 2. The number of amides is 1. The van der Waals surface area contributed by atoms with Crippen molar-refractivity contribution in [2.45, 2.75) is 45.4 Å². The van der Waals surface area contributed by atoms with Crippen LogP contribution in [0, 0.1) is 0 Å². The normalized spacial score (nSPS) is 11.1. The van der Waals surface area contributed by atoms with E-state index in [1.54, 1.807) is 14.2 Å². The molecule has 0 aromatic heterocycles. The zero-order valence-corrected chi connectivity index (χ0v) is 17.1. The summed E-state index contributed by atoms with van der Waals surface area (Å²) in [5, 5.41) is 3.00. The van der Waals surface area contributed by atoms with E-state index in [9.17, 15) is 4.79 Å². The molecule has 0 aliphatic carbocycles. The lowest BCUT2D eigenvalue weighted by molar-refractivity contribution is -0.121. The van der Waals surface area contributed by atoms with Crippen LogP contribution in [0.15, 0.2) is 42.5 Å². The number of nitrogens with one attached hydrogen (secondary N) is 1. The molecule has 0 bridgehead atoms. The third-order valence-corrected chi connectivity index (χ3v) is 4.61. The number of ether oxygens (including phenoxy) is 2. The molecule has 0 saturated carbocycles. The Balaban J connectivity index is 1.78. The summed E-state index contributed by atoms with van der Waals surface area (Å²) in [6, 6.07) is 14.3. The van der Waals surface area contributed by atoms with E-state index in [0.717, 1.165) is 23.5 Å². The largest absolute Gasteiger partial charge is 0.497 e. The maximum absolute atomic E-state index is 12.1. The first-order chi connectivity index (χ1) is 12.8. The highest BCUT2D eigenvalue weighted by atomic mass is 16.5. The molecule has 2 rings (SSSR count). The number of benzene rings is 2. The molecule has 0 radical (unpaired) electrons. The molecule has 2 aromatic rings. The van der Waals surface area contributed by atoms with Crippen LogP contribution in [0.25, 0.3) is 0 Å². The van der Waals surface area contributed by atoms with E-state index < -0.39 is 0 Å². The smallest absolute Gasteiger partial charge is 0.220 e. The Morgan fingerprint density at radius 1 is 0.889 bits per heavy atom. The fourth-order valence-corrected chi connectivity index (χ4v) is 2.87. The first-order valence-electron chi connectivity index (χ1n) is 9.40. The predicted octanol–water partition coefficient (Wildman–Crippen LogP) is 4.29. The molecular weight excluding hydrogens is 338 g/mol. The molecule has 4 nitrogen and oxygen atoms in total. The van der Waals surface area contributed by atoms with Gasteiger partial charge >= 0.3 is 0 Å². The zero-order chi connectivity index (χ0) is 19.9. The fourth-order valence-electron chi connectivity index (χ4n) is 2.87. The minimum atomic E-state index is 0.0584. The second-order valence-corrected chi connectivity index (χ2v) is 7.77. The molecule has 1 amide bonds. The van der Waals surface area contributed by atoms with E-state index in [1.165, 1.54) is 11.1 Å². The SMILES string of the molecule is COc1cc(CCC(=O)NCCc2ccc(C(C)(C)C)cc2)cc(OC)c1. The van der Waals surface area contributed by atoms with Gasteiger partial charge in [-0.3, -0.25) is 4.79 Å². The van der Waals surface area contributed by atoms with Gasteiger partial charge in [-0.1, -0.05) is 45.0 Å². The molecule has 0 atom stereocenters. The molecule has 0 heterocycles. The standard InChI is InChI=1S/C23H31NO3/c1-23(2,3)19-9-6-17(7-10-19)12-13-24-22(25)11-8-18-14-20(26-4)16-21(15-18)27-5/h6-7,9-10,14-16H,8,11-13H2,1-5H3,(H,24,25). The number of hydrogen-bond donors (Lipinski definition) is 1. The Morgan fingerprint density at radius 2 is 1.48 bits per heavy atom. The van der Waals surface area contributed by atoms with Gasteiger partial charge in [-0.25, -0.2) is 0 Å². The lowest BCUT2D eigenvalue weighted by Crippen LogP contribution is -2.25. The van der Waals surface area contributed by atoms with Gasteiger partial charge in [0, 0.05) is 19.0 Å². The van der Waals surface area contributed by atoms with Gasteiger partial charge in [-0.05, 0) is 47.1 Å². The molecule has 0 saturated heterocycles. The van der Waals surface area contributed by atoms with Crippen molar-refractivity contribution in [1.82, 2.24) is 5.32 Å². The van der Waals surface area contributed by atoms with Crippen LogP contribution < -0.4 is 14.8 Å². The summed E-state index contributed by atoms with van der Waals surface area (Å²) >= 11 is 0. The maximum atomic E-state index is 12.1. The molecule has 0 fully saturated rings. The van der Waals surface area contributed by atoms with Gasteiger partial charge in [0.05, 0.1) is 14.2 Å². The minimum Gasteiger partial charge on any atom is -0.497 e. The van der Waals surface area contributed by atoms with Crippen LogP contribution in [0.2, 0.25) is 0 Å². The van der Waals surface area contributed by atoms with Crippen molar-refractivity contribution < 1.29 is 14.3 Å². The molecule has 2 aromatic carbocycles. The van der Waals surface area contributed by atoms with Crippen LogP contribution in [0.4, 0.5) is 0 Å². The Hall–Kier alpha value is -2.49. The molecule has 0 unspecified atom stereocenters. The van der Waals surface area contributed by atoms with Crippen LogP contribution >= 0.6 is 0 Å². The summed E-state index contributed by atoms with van der Waals surface area (Å²) in [4.78, 5) is 12.1. The van der Waals surface area contributed by atoms with Crippen molar-refractivity contribution in [2.75, 3.05) is 20.8 Å². The van der Waals surface area contributed by atoms with Gasteiger partial charge in [0.15, 0.2) is 0 Å². The van der Waals surface area contributed by atoms with Gasteiger partial charge in [0.1, 0.15) is 11.5 Å². The first kappa shape index (κ1) is 20.8. The van der Waals surface area contributed by atoms with Gasteiger partial charge in [-0.2, -0.15) is 0 Å². The van der Waals surface area contributed by atoms with Gasteiger partial charge in [0.25, 0.3) is 0 Å². The van der Waals surface area contributed by atoms with Crippen LogP contribution in [0.5, 0.6) is 11.5 Å². The first-order valence-corrected chi connectivity index (χ1v) is 9.40. The van der Waals surface area contributed by atoms with Crippen molar-refractivity contribution in [3.05, 3.63) is 59.2 Å². The predicted molar refractivity (Wildman–Crippen MR) is 110 cm³/mol. The Kier molecular flexibility index (Phi) is 7.28. The Morgan fingerprint density at radius 3 is 2.00 bits per heavy atom. The summed E-state index contributed by atoms with van der Waals surface area (Å²) in [5.74, 6) is 1.54. The second kappa shape index (κ2) is 9.45. The van der Waals surface area contributed by atoms with E-state index >= 15 is 0 Å². The minimum absolute atomic E-state index is 0.0584. The summed E-state index contributed by atoms with van der Waals surface area (Å²) in [6.45, 7) is 7.27. The number of aryl methyl sites for hydroxylation is 1. The summed E-state index contributed by atoms with van der Waals surface area (Å²) < 4.78 is 10.5. The molecule has 27 heavy (non-hydrogen) atoms. The highest BCUT2D eigenvalue weighted by Crippen LogP contribution is 2.23. The quantitative estimate of drug-likeness (QED) is 0.755. The van der Waals surface area contributed by atoms with Gasteiger partial charge in [-0.15, -0.1) is 0 Å². The van der Waals surface area contributed by atoms with Crippen molar-refractivity contribution in [3.8, 4) is 11.5 Å². The molecule has 146 valence electrons. The number of rotatable bonds is 8. The molecule has 0 spiro atoms. The van der Waals surface area contributed by atoms with Crippen LogP contribution in [0.3, 0.4) is 0 Å². The molecule has 1 N–H and O–H groups in total. The van der Waals surface area contributed by atoms with E-state index in [1.807, 2.05) is 18.2 Å². The van der Waals surface area contributed by atoms with Crippen molar-refractivity contribution in [3.63, 3.8) is 0 Å². The maximum Gasteiger partial charge on any atom is 0.220 e. The van der Waals surface area contributed by atoms with E-state index in [4.69, 9.17) is 9.47 Å². The summed E-state index contributed by atoms with van der Waals surface area (Å²) in [6.07, 6.45) is 1.93. The van der Waals surface area contributed by atoms with Gasteiger partial charge in [0.2, 0.25) is 5.91 Å². The van der Waals surface area contributed by atoms with Gasteiger partial charge < -0.3 is 14.8 Å². The van der Waals surface area contributed by atoms with Crippen LogP contribution in [-0.4, -0.2) is 26.7 Å². The highest BCUT2D eigenvalue weighted by Gasteiger charge is 2.12. The zero-order valence-electron chi connectivity index (χ0n) is 17.1. The van der Waals surface area contributed by atoms with E-state index in [0.29, 0.717) is 19.4 Å². The Labute approximate surface area is 162 Å². The highest BCUT2D eigenvalue weighted by molar-refractivity contribution is 5.76. The molecule has 4 heteroatoms. The monoisotopic (exact) mass is 369 g/mol. The van der Waals surface area contributed by atoms with Crippen molar-refractivity contribution >= 4 is 5.91 Å². The third-order valence-electron chi connectivity index (χ3n) is 4.61. The number of carbonyl (C=O) groups excluding carboxylic acids is 1. The fraction of sp³-hybridized carbons (Fsp3) is 0.435. The molecule has 0 aliphatic rings. The second-order valence-electron chi connectivity index (χ2n) is 7.77. The average molecular weight is 370 g/mol. The summed E-state index contributed by atoms with van der Waals surface area (Å²) in [5.41, 5.74) is 3.75. The molecule has 0 aliphatic heterocycles. The van der Waals surface area contributed by atoms with E-state index in [-0.39, 0.29) is 11.3 Å². The van der Waals surface area contributed by atoms with Crippen LogP contribution in [-0.2, 0) is 23.1 Å². The van der Waals surface area contributed by atoms with E-state index in [2.05, 4.69) is 50.4 Å². The van der Waals surface area contributed by atoms with Crippen LogP contribution in [0.1, 0.15) is 43.9 Å². The van der Waals surface area contributed by atoms with Crippen molar-refractivity contribution in [1.29, 1.82) is 0 Å². The Bertz CT molecular complexity index is 723. The lowest BCUT2D eigenvalue weighted by Gasteiger charge is -2.19. The topological polar surface area (TPSA) is 47.6 Å².